The molecule has 0 fully saturated rings. The highest BCUT2D eigenvalue weighted by molar-refractivity contribution is 6.05. The van der Waals surface area contributed by atoms with Gasteiger partial charge in [0.2, 0.25) is 0 Å². The number of hydrogen-bond acceptors (Lipinski definition) is 6. The number of fused-ring (bicyclic) bond motifs is 1. The average molecular weight is 352 g/mol. The van der Waals surface area contributed by atoms with E-state index in [0.29, 0.717) is 22.4 Å². The molecule has 0 bridgehead atoms. The summed E-state index contributed by atoms with van der Waals surface area (Å²) in [5, 5.41) is 7.11. The van der Waals surface area contributed by atoms with Crippen molar-refractivity contribution in [2.75, 3.05) is 12.4 Å². The largest absolute Gasteiger partial charge is 0.497 e. The van der Waals surface area contributed by atoms with Crippen LogP contribution in [-0.4, -0.2) is 19.0 Å². The molecule has 0 saturated carbocycles. The molecule has 7 heteroatoms. The predicted molar refractivity (Wildman–Crippen MR) is 94.5 cm³/mol. The van der Waals surface area contributed by atoms with Gasteiger partial charge in [-0.25, -0.2) is 4.79 Å². The first-order valence-corrected chi connectivity index (χ1v) is 7.77. The van der Waals surface area contributed by atoms with Crippen LogP contribution in [-0.2, 0) is 9.63 Å². The highest BCUT2D eigenvalue weighted by Crippen LogP contribution is 2.18. The number of hydrogen-bond donors (Lipinski definition) is 1. The number of methoxy groups -OCH3 is 1. The van der Waals surface area contributed by atoms with Crippen LogP contribution in [0, 0.1) is 0 Å². The van der Waals surface area contributed by atoms with Crippen LogP contribution >= 0.6 is 0 Å². The maximum atomic E-state index is 12.7. The van der Waals surface area contributed by atoms with Gasteiger partial charge in [-0.3, -0.25) is 4.79 Å². The summed E-state index contributed by atoms with van der Waals surface area (Å²) >= 11 is 0. The number of ether oxygens (including phenoxy) is 1. The summed E-state index contributed by atoms with van der Waals surface area (Å²) in [5.41, 5.74) is 1.09. The van der Waals surface area contributed by atoms with Crippen LogP contribution in [0.25, 0.3) is 11.0 Å². The number of nitrogens with zero attached hydrogens (tertiary/aromatic N) is 1. The van der Waals surface area contributed by atoms with E-state index in [2.05, 4.69) is 15.3 Å². The van der Waals surface area contributed by atoms with Crippen molar-refractivity contribution >= 4 is 28.5 Å². The van der Waals surface area contributed by atoms with Crippen molar-refractivity contribution < 1.29 is 23.6 Å². The van der Waals surface area contributed by atoms with Crippen molar-refractivity contribution in [3.8, 4) is 5.75 Å². The minimum Gasteiger partial charge on any atom is -0.497 e. The van der Waals surface area contributed by atoms with Gasteiger partial charge in [0.15, 0.2) is 0 Å². The van der Waals surface area contributed by atoms with Crippen molar-refractivity contribution in [1.82, 2.24) is 0 Å². The van der Waals surface area contributed by atoms with Gasteiger partial charge >= 0.3 is 5.97 Å². The molecule has 0 radical (unpaired) electrons. The first kappa shape index (κ1) is 17.2. The normalized spacial score (nSPS) is 11.2. The Morgan fingerprint density at radius 2 is 1.88 bits per heavy atom. The van der Waals surface area contributed by atoms with E-state index in [1.165, 1.54) is 6.92 Å². The predicted octanol–water partition coefficient (Wildman–Crippen LogP) is 3.07. The van der Waals surface area contributed by atoms with Gasteiger partial charge in [0, 0.05) is 24.1 Å². The number of nitrogens with one attached hydrogen (secondary N) is 1. The van der Waals surface area contributed by atoms with Crippen LogP contribution < -0.4 is 15.6 Å². The molecule has 0 aliphatic carbocycles. The Labute approximate surface area is 148 Å². The van der Waals surface area contributed by atoms with Gasteiger partial charge in [0.25, 0.3) is 11.5 Å². The van der Waals surface area contributed by atoms with E-state index < -0.39 is 11.9 Å². The lowest BCUT2D eigenvalue weighted by Crippen LogP contribution is -2.22. The molecule has 0 saturated heterocycles. The minimum atomic E-state index is -0.618. The Kier molecular flexibility index (Phi) is 4.98. The second-order valence-corrected chi connectivity index (χ2v) is 5.36. The van der Waals surface area contributed by atoms with Gasteiger partial charge < -0.3 is 19.3 Å². The summed E-state index contributed by atoms with van der Waals surface area (Å²) in [6.07, 6.45) is 0. The summed E-state index contributed by atoms with van der Waals surface area (Å²) in [6, 6.07) is 15.7. The zero-order valence-corrected chi connectivity index (χ0v) is 14.2. The van der Waals surface area contributed by atoms with Crippen LogP contribution in [0.1, 0.15) is 17.3 Å². The average Bonchev–Trinajstić information content (AvgIpc) is 2.65. The molecule has 26 heavy (non-hydrogen) atoms. The quantitative estimate of drug-likeness (QED) is 0.576. The molecule has 0 aliphatic heterocycles. The molecular formula is C19H16N2O5. The molecule has 0 unspecified atom stereocenters. The standard InChI is InChI=1S/C19H16N2O5/c1-12(22)26-21-19-16(10-13-6-3-4-9-17(13)25-19)18(23)20-14-7-5-8-15(11-14)24-2/h3-11H,1-2H3,(H,20,23). The van der Waals surface area contributed by atoms with E-state index in [-0.39, 0.29) is 11.1 Å². The lowest BCUT2D eigenvalue weighted by Gasteiger charge is -2.08. The third-order valence-electron chi connectivity index (χ3n) is 3.49. The molecule has 1 amide bonds. The van der Waals surface area contributed by atoms with Crippen LogP contribution in [0.4, 0.5) is 5.69 Å². The summed E-state index contributed by atoms with van der Waals surface area (Å²) < 4.78 is 10.8. The van der Waals surface area contributed by atoms with Crippen LogP contribution in [0.5, 0.6) is 5.75 Å². The molecular weight excluding hydrogens is 336 g/mol. The number of para-hydroxylation sites is 1. The fraction of sp³-hybridized carbons (Fsp3) is 0.105. The molecule has 3 rings (SSSR count). The van der Waals surface area contributed by atoms with Crippen molar-refractivity contribution in [1.29, 1.82) is 0 Å². The van der Waals surface area contributed by atoms with E-state index in [0.717, 1.165) is 0 Å². The summed E-state index contributed by atoms with van der Waals surface area (Å²) in [4.78, 5) is 28.4. The molecule has 1 N–H and O–H groups in total. The van der Waals surface area contributed by atoms with Crippen molar-refractivity contribution in [3.63, 3.8) is 0 Å². The molecule has 1 heterocycles. The lowest BCUT2D eigenvalue weighted by atomic mass is 10.1. The highest BCUT2D eigenvalue weighted by atomic mass is 16.7. The fourth-order valence-electron chi connectivity index (χ4n) is 2.30. The lowest BCUT2D eigenvalue weighted by molar-refractivity contribution is -0.141. The highest BCUT2D eigenvalue weighted by Gasteiger charge is 2.14. The molecule has 0 atom stereocenters. The Balaban J connectivity index is 2.03. The first-order chi connectivity index (χ1) is 12.6. The maximum absolute atomic E-state index is 12.7. The topological polar surface area (TPSA) is 90.1 Å². The van der Waals surface area contributed by atoms with E-state index in [9.17, 15) is 9.59 Å². The van der Waals surface area contributed by atoms with E-state index in [1.54, 1.807) is 55.6 Å². The molecule has 2 aromatic carbocycles. The number of anilines is 1. The monoisotopic (exact) mass is 352 g/mol. The van der Waals surface area contributed by atoms with Gasteiger partial charge in [-0.15, -0.1) is 0 Å². The van der Waals surface area contributed by atoms with Gasteiger partial charge in [0.1, 0.15) is 16.9 Å². The fourth-order valence-corrected chi connectivity index (χ4v) is 2.30. The molecule has 132 valence electrons. The van der Waals surface area contributed by atoms with Gasteiger partial charge in [0.05, 0.1) is 7.11 Å². The van der Waals surface area contributed by atoms with Gasteiger partial charge in [-0.1, -0.05) is 24.3 Å². The Bertz CT molecular complexity index is 1040. The third-order valence-corrected chi connectivity index (χ3v) is 3.49. The molecule has 7 nitrogen and oxygen atoms in total. The molecule has 1 aromatic heterocycles. The van der Waals surface area contributed by atoms with E-state index >= 15 is 0 Å². The zero-order valence-electron chi connectivity index (χ0n) is 14.2. The summed E-state index contributed by atoms with van der Waals surface area (Å²) in [7, 11) is 1.54. The number of benzene rings is 2. The van der Waals surface area contributed by atoms with Crippen LogP contribution in [0.3, 0.4) is 0 Å². The number of carbonyl (C=O) groups is 2. The van der Waals surface area contributed by atoms with Gasteiger partial charge in [-0.05, 0) is 29.4 Å². The second-order valence-electron chi connectivity index (χ2n) is 5.36. The summed E-state index contributed by atoms with van der Waals surface area (Å²) in [6.45, 7) is 1.21. The first-order valence-electron chi connectivity index (χ1n) is 7.77. The van der Waals surface area contributed by atoms with Crippen LogP contribution in [0.2, 0.25) is 0 Å². The van der Waals surface area contributed by atoms with Crippen molar-refractivity contribution in [2.24, 2.45) is 5.16 Å². The second kappa shape index (κ2) is 7.52. The zero-order chi connectivity index (χ0) is 18.5. The number of amides is 1. The van der Waals surface area contributed by atoms with E-state index in [1.807, 2.05) is 6.07 Å². The maximum Gasteiger partial charge on any atom is 0.332 e. The van der Waals surface area contributed by atoms with Gasteiger partial charge in [-0.2, -0.15) is 0 Å². The number of carbonyl (C=O) groups excluding carboxylic acids is 2. The summed E-state index contributed by atoms with van der Waals surface area (Å²) in [5.74, 6) is -0.470. The minimum absolute atomic E-state index is 0.0979. The molecule has 3 aromatic rings. The Morgan fingerprint density at radius 1 is 1.08 bits per heavy atom. The SMILES string of the molecule is COc1cccc(NC(=O)c2cc3ccccc3oc2=NOC(C)=O)c1. The Morgan fingerprint density at radius 3 is 2.65 bits per heavy atom. The smallest absolute Gasteiger partial charge is 0.332 e. The Hall–Kier alpha value is -3.61. The van der Waals surface area contributed by atoms with Crippen molar-refractivity contribution in [3.05, 3.63) is 65.7 Å². The van der Waals surface area contributed by atoms with E-state index in [4.69, 9.17) is 9.15 Å². The number of rotatable bonds is 4. The third kappa shape index (κ3) is 3.89. The van der Waals surface area contributed by atoms with Crippen molar-refractivity contribution in [2.45, 2.75) is 6.92 Å². The molecule has 0 aliphatic rings. The molecule has 0 spiro atoms. The van der Waals surface area contributed by atoms with Crippen LogP contribution in [0.15, 0.2) is 64.2 Å².